The lowest BCUT2D eigenvalue weighted by molar-refractivity contribution is -0.156. The Balaban J connectivity index is 1.88. The fourth-order valence-electron chi connectivity index (χ4n) is 3.59. The largest absolute Gasteiger partial charge is 0.504 e. The molecular weight excluding hydrogens is 392 g/mol. The first-order valence-electron chi connectivity index (χ1n) is 8.26. The third-order valence-corrected chi connectivity index (χ3v) is 7.93. The number of hydrogen-bond acceptors (Lipinski definition) is 8. The number of amides is 1. The highest BCUT2D eigenvalue weighted by atomic mass is 32.2. The first-order valence-corrected chi connectivity index (χ1v) is 9.81. The van der Waals surface area contributed by atoms with Crippen molar-refractivity contribution in [2.24, 2.45) is 4.99 Å². The number of carbonyl (C=O) groups is 3. The third kappa shape index (κ3) is 2.57. The molecule has 0 spiro atoms. The van der Waals surface area contributed by atoms with Gasteiger partial charge in [0.05, 0.1) is 6.42 Å². The molecule has 3 atom stereocenters. The maximum atomic E-state index is 12.7. The first kappa shape index (κ1) is 19.8. The standard InChI is InChI=1S/C17H18N2O8S/c1-8-9(3-4-10(20)14(8)23)11(21)6-18-7-17(2)15(16(24)25)19-12(22)5-13(19)28(17,26)27/h3-4,7,13,15,20,23H,5-6H2,1-2H3,(H,24,25)/t13-,15+,17+/m1/s1. The van der Waals surface area contributed by atoms with Crippen LogP contribution in [0, 0.1) is 6.92 Å². The van der Waals surface area contributed by atoms with Gasteiger partial charge in [-0.2, -0.15) is 0 Å². The van der Waals surface area contributed by atoms with Crippen LogP contribution in [0.15, 0.2) is 17.1 Å². The predicted molar refractivity (Wildman–Crippen MR) is 96.2 cm³/mol. The van der Waals surface area contributed by atoms with Crippen molar-refractivity contribution < 1.29 is 38.1 Å². The normalized spacial score (nSPS) is 28.2. The second kappa shape index (κ2) is 6.30. The molecule has 0 radical (unpaired) electrons. The molecule has 0 aromatic heterocycles. The van der Waals surface area contributed by atoms with Gasteiger partial charge in [-0.25, -0.2) is 13.2 Å². The Morgan fingerprint density at radius 2 is 2.00 bits per heavy atom. The van der Waals surface area contributed by atoms with E-state index in [-0.39, 0.29) is 23.3 Å². The number of aliphatic imine (C=N–C) groups is 1. The Labute approximate surface area is 160 Å². The second-order valence-electron chi connectivity index (χ2n) is 6.93. The summed E-state index contributed by atoms with van der Waals surface area (Å²) >= 11 is 0. The van der Waals surface area contributed by atoms with Crippen molar-refractivity contribution in [3.8, 4) is 11.5 Å². The molecule has 2 aliphatic heterocycles. The Morgan fingerprint density at radius 1 is 1.36 bits per heavy atom. The van der Waals surface area contributed by atoms with Crippen LogP contribution >= 0.6 is 0 Å². The molecule has 2 saturated heterocycles. The molecule has 3 N–H and O–H groups in total. The number of carboxylic acid groups (broad SMARTS) is 1. The van der Waals surface area contributed by atoms with E-state index in [0.29, 0.717) is 0 Å². The molecule has 2 fully saturated rings. The summed E-state index contributed by atoms with van der Waals surface area (Å²) in [6.07, 6.45) is 0.626. The lowest BCUT2D eigenvalue weighted by Gasteiger charge is -2.35. The minimum atomic E-state index is -4.05. The van der Waals surface area contributed by atoms with E-state index in [9.17, 15) is 38.1 Å². The average molecular weight is 410 g/mol. The Kier molecular flexibility index (Phi) is 4.45. The van der Waals surface area contributed by atoms with Crippen molar-refractivity contribution in [3.63, 3.8) is 0 Å². The van der Waals surface area contributed by atoms with Crippen molar-refractivity contribution >= 4 is 33.7 Å². The SMILES string of the molecule is Cc1c(C(=O)CN=C[C@@]2(C)[C@H](C(=O)O)N3C(=O)C[C@H]3S2(=O)=O)ccc(O)c1O. The number of benzene rings is 1. The zero-order valence-corrected chi connectivity index (χ0v) is 15.8. The van der Waals surface area contributed by atoms with Crippen molar-refractivity contribution in [3.05, 3.63) is 23.3 Å². The van der Waals surface area contributed by atoms with E-state index >= 15 is 0 Å². The van der Waals surface area contributed by atoms with Gasteiger partial charge in [0.15, 0.2) is 33.2 Å². The molecule has 0 bridgehead atoms. The molecule has 2 aliphatic rings. The maximum absolute atomic E-state index is 12.7. The predicted octanol–water partition coefficient (Wildman–Crippen LogP) is -0.142. The molecule has 0 saturated carbocycles. The van der Waals surface area contributed by atoms with Crippen molar-refractivity contribution in [1.82, 2.24) is 4.90 Å². The number of carbonyl (C=O) groups excluding carboxylic acids is 2. The van der Waals surface area contributed by atoms with Crippen molar-refractivity contribution in [1.29, 1.82) is 0 Å². The lowest BCUT2D eigenvalue weighted by atomic mass is 9.97. The molecule has 1 amide bonds. The number of carboxylic acids is 1. The van der Waals surface area contributed by atoms with E-state index in [1.807, 2.05) is 0 Å². The fraction of sp³-hybridized carbons (Fsp3) is 0.412. The number of phenols is 2. The molecule has 1 aromatic rings. The molecule has 0 unspecified atom stereocenters. The van der Waals surface area contributed by atoms with Crippen LogP contribution in [0.25, 0.3) is 0 Å². The third-order valence-electron chi connectivity index (χ3n) is 5.27. The van der Waals surface area contributed by atoms with E-state index in [0.717, 1.165) is 17.2 Å². The Morgan fingerprint density at radius 3 is 2.57 bits per heavy atom. The van der Waals surface area contributed by atoms with Gasteiger partial charge in [-0.15, -0.1) is 0 Å². The molecule has 0 aliphatic carbocycles. The summed E-state index contributed by atoms with van der Waals surface area (Å²) in [7, 11) is -4.05. The van der Waals surface area contributed by atoms with Gasteiger partial charge < -0.3 is 20.2 Å². The summed E-state index contributed by atoms with van der Waals surface area (Å²) in [6.45, 7) is 2.09. The summed E-state index contributed by atoms with van der Waals surface area (Å²) in [6, 6.07) is 0.807. The minimum absolute atomic E-state index is 0.0839. The van der Waals surface area contributed by atoms with Gasteiger partial charge in [0.25, 0.3) is 0 Å². The minimum Gasteiger partial charge on any atom is -0.504 e. The average Bonchev–Trinajstić information content (AvgIpc) is 2.74. The number of β-lactam (4-membered cyclic amide) rings is 1. The van der Waals surface area contributed by atoms with Gasteiger partial charge in [-0.05, 0) is 26.0 Å². The van der Waals surface area contributed by atoms with E-state index < -0.39 is 56.0 Å². The fourth-order valence-corrected chi connectivity index (χ4v) is 5.82. The zero-order valence-electron chi connectivity index (χ0n) is 15.0. The topological polar surface area (TPSA) is 162 Å². The van der Waals surface area contributed by atoms with E-state index in [1.165, 1.54) is 19.9 Å². The quantitative estimate of drug-likeness (QED) is 0.261. The number of rotatable bonds is 5. The number of nitrogens with zero attached hydrogens (tertiary/aromatic N) is 2. The highest BCUT2D eigenvalue weighted by Gasteiger charge is 2.69. The second-order valence-corrected chi connectivity index (χ2v) is 9.44. The van der Waals surface area contributed by atoms with Crippen LogP contribution in [0.4, 0.5) is 0 Å². The highest BCUT2D eigenvalue weighted by molar-refractivity contribution is 7.94. The number of fused-ring (bicyclic) bond motifs is 1. The summed E-state index contributed by atoms with van der Waals surface area (Å²) < 4.78 is 23.5. The van der Waals surface area contributed by atoms with Crippen LogP contribution in [0.3, 0.4) is 0 Å². The zero-order chi connectivity index (χ0) is 21.0. The highest BCUT2D eigenvalue weighted by Crippen LogP contribution is 2.45. The summed E-state index contributed by atoms with van der Waals surface area (Å²) in [5.74, 6) is -3.44. The number of hydrogen-bond donors (Lipinski definition) is 3. The maximum Gasteiger partial charge on any atom is 0.328 e. The summed E-state index contributed by atoms with van der Waals surface area (Å²) in [4.78, 5) is 40.4. The van der Waals surface area contributed by atoms with Crippen LogP contribution in [0.5, 0.6) is 11.5 Å². The van der Waals surface area contributed by atoms with Gasteiger partial charge >= 0.3 is 5.97 Å². The number of aliphatic carboxylic acids is 1. The Hall–Kier alpha value is -2.95. The summed E-state index contributed by atoms with van der Waals surface area (Å²) in [5.41, 5.74) is 0.221. The smallest absolute Gasteiger partial charge is 0.328 e. The van der Waals surface area contributed by atoms with Gasteiger partial charge in [-0.3, -0.25) is 14.6 Å². The number of phenolic OH excluding ortho intramolecular Hbond substituents is 2. The van der Waals surface area contributed by atoms with Gasteiger partial charge in [0.1, 0.15) is 16.7 Å². The lowest BCUT2D eigenvalue weighted by Crippen LogP contribution is -2.57. The van der Waals surface area contributed by atoms with Crippen LogP contribution in [0.2, 0.25) is 0 Å². The molecule has 150 valence electrons. The molecule has 1 aromatic carbocycles. The molecular formula is C17H18N2O8S. The van der Waals surface area contributed by atoms with E-state index in [2.05, 4.69) is 4.99 Å². The van der Waals surface area contributed by atoms with Gasteiger partial charge in [-0.1, -0.05) is 0 Å². The van der Waals surface area contributed by atoms with Crippen LogP contribution in [0.1, 0.15) is 29.3 Å². The monoisotopic (exact) mass is 410 g/mol. The number of Topliss-reactive ketones (excluding diaryl/α,β-unsaturated/α-hetero) is 1. The molecule has 2 heterocycles. The van der Waals surface area contributed by atoms with Gasteiger partial charge in [0.2, 0.25) is 5.91 Å². The molecule has 10 nitrogen and oxygen atoms in total. The number of sulfone groups is 1. The first-order chi connectivity index (χ1) is 12.9. The van der Waals surface area contributed by atoms with E-state index in [4.69, 9.17) is 0 Å². The van der Waals surface area contributed by atoms with Crippen molar-refractivity contribution in [2.75, 3.05) is 6.54 Å². The Bertz CT molecular complexity index is 1030. The number of ketones is 1. The van der Waals surface area contributed by atoms with E-state index in [1.54, 1.807) is 0 Å². The van der Waals surface area contributed by atoms with Crippen LogP contribution < -0.4 is 0 Å². The molecule has 3 rings (SSSR count). The van der Waals surface area contributed by atoms with Gasteiger partial charge in [0, 0.05) is 17.3 Å². The molecule has 28 heavy (non-hydrogen) atoms. The van der Waals surface area contributed by atoms with Crippen LogP contribution in [-0.2, 0) is 19.4 Å². The van der Waals surface area contributed by atoms with Crippen LogP contribution in [-0.4, -0.2) is 75.2 Å². The number of aromatic hydroxyl groups is 2. The molecule has 11 heteroatoms. The summed E-state index contributed by atoms with van der Waals surface area (Å²) in [5, 5.41) is 27.4. The van der Waals surface area contributed by atoms with Crippen molar-refractivity contribution in [2.45, 2.75) is 36.4 Å².